The molecule has 0 radical (unpaired) electrons. The van der Waals surface area contributed by atoms with Crippen LogP contribution in [-0.2, 0) is 9.59 Å². The predicted octanol–water partition coefficient (Wildman–Crippen LogP) is 1.27. The predicted molar refractivity (Wildman–Crippen MR) is 80.1 cm³/mol. The zero-order valence-corrected chi connectivity index (χ0v) is 13.1. The molecule has 0 aliphatic heterocycles. The van der Waals surface area contributed by atoms with E-state index in [0.717, 1.165) is 25.7 Å². The first-order chi connectivity index (χ1) is 9.50. The van der Waals surface area contributed by atoms with Gasteiger partial charge >= 0.3 is 0 Å². The highest BCUT2D eigenvalue weighted by molar-refractivity contribution is 5.90. The summed E-state index contributed by atoms with van der Waals surface area (Å²) in [4.78, 5) is 26.4. The van der Waals surface area contributed by atoms with Crippen LogP contribution in [0.4, 0.5) is 0 Å². The van der Waals surface area contributed by atoms with Gasteiger partial charge in [-0.15, -0.1) is 0 Å². The molecule has 0 aromatic heterocycles. The van der Waals surface area contributed by atoms with Gasteiger partial charge in [-0.25, -0.2) is 0 Å². The summed E-state index contributed by atoms with van der Waals surface area (Å²) in [5.74, 6) is -0.0703. The second-order valence-electron chi connectivity index (χ2n) is 5.75. The molecule has 5 heteroatoms. The number of nitrogens with one attached hydrogen (secondary N) is 1. The van der Waals surface area contributed by atoms with Crippen molar-refractivity contribution in [3.63, 3.8) is 0 Å². The number of carbonyl (C=O) groups is 2. The van der Waals surface area contributed by atoms with Gasteiger partial charge in [0.15, 0.2) is 0 Å². The second kappa shape index (κ2) is 7.62. The van der Waals surface area contributed by atoms with Gasteiger partial charge in [-0.1, -0.05) is 19.3 Å². The number of nitrogens with zero attached hydrogens (tertiary/aromatic N) is 1. The van der Waals surface area contributed by atoms with Crippen molar-refractivity contribution in [3.05, 3.63) is 0 Å². The Kier molecular flexibility index (Phi) is 6.46. The smallest absolute Gasteiger partial charge is 0.244 e. The van der Waals surface area contributed by atoms with Crippen molar-refractivity contribution >= 4 is 11.8 Å². The van der Waals surface area contributed by atoms with Crippen LogP contribution >= 0.6 is 0 Å². The Bertz CT molecular complexity index is 334. The number of likely N-dealkylation sites (N-methyl/N-ethyl adjacent to an activating group) is 1. The summed E-state index contributed by atoms with van der Waals surface area (Å²) in [5, 5.41) is 2.88. The molecule has 0 spiro atoms. The number of carbonyl (C=O) groups excluding carboxylic acids is 2. The maximum Gasteiger partial charge on any atom is 0.244 e. The Morgan fingerprint density at radius 1 is 1.20 bits per heavy atom. The summed E-state index contributed by atoms with van der Waals surface area (Å²) in [6.45, 7) is 7.34. The molecule has 1 aliphatic carbocycles. The van der Waals surface area contributed by atoms with Gasteiger partial charge in [-0.2, -0.15) is 0 Å². The third kappa shape index (κ3) is 3.72. The Hall–Kier alpha value is -1.10. The van der Waals surface area contributed by atoms with Crippen LogP contribution in [0.25, 0.3) is 0 Å². The van der Waals surface area contributed by atoms with E-state index >= 15 is 0 Å². The molecule has 1 aliphatic rings. The number of rotatable bonds is 6. The third-order valence-electron chi connectivity index (χ3n) is 4.48. The minimum Gasteiger partial charge on any atom is -0.344 e. The van der Waals surface area contributed by atoms with Crippen LogP contribution in [0.15, 0.2) is 0 Å². The molecule has 0 heterocycles. The lowest BCUT2D eigenvalue weighted by Crippen LogP contribution is -2.53. The molecule has 20 heavy (non-hydrogen) atoms. The highest BCUT2D eigenvalue weighted by Gasteiger charge is 2.39. The average molecular weight is 283 g/mol. The third-order valence-corrected chi connectivity index (χ3v) is 4.48. The van der Waals surface area contributed by atoms with Crippen molar-refractivity contribution in [2.75, 3.05) is 19.6 Å². The van der Waals surface area contributed by atoms with E-state index in [2.05, 4.69) is 5.32 Å². The molecule has 1 saturated carbocycles. The molecular formula is C15H29N3O2. The van der Waals surface area contributed by atoms with Crippen molar-refractivity contribution in [3.8, 4) is 0 Å². The number of amides is 2. The summed E-state index contributed by atoms with van der Waals surface area (Å²) in [7, 11) is 0. The Morgan fingerprint density at radius 2 is 1.75 bits per heavy atom. The van der Waals surface area contributed by atoms with Crippen molar-refractivity contribution in [1.29, 1.82) is 0 Å². The zero-order chi connectivity index (χ0) is 15.2. The van der Waals surface area contributed by atoms with Crippen molar-refractivity contribution in [1.82, 2.24) is 10.2 Å². The average Bonchev–Trinajstić information content (AvgIpc) is 2.48. The Morgan fingerprint density at radius 3 is 2.20 bits per heavy atom. The van der Waals surface area contributed by atoms with Gasteiger partial charge in [-0.05, 0) is 33.6 Å². The highest BCUT2D eigenvalue weighted by Crippen LogP contribution is 2.35. The van der Waals surface area contributed by atoms with Gasteiger partial charge < -0.3 is 16.0 Å². The number of hydrogen-bond acceptors (Lipinski definition) is 3. The van der Waals surface area contributed by atoms with Crippen molar-refractivity contribution in [2.24, 2.45) is 11.1 Å². The van der Waals surface area contributed by atoms with E-state index in [9.17, 15) is 9.59 Å². The largest absolute Gasteiger partial charge is 0.344 e. The summed E-state index contributed by atoms with van der Waals surface area (Å²) in [5.41, 5.74) is 5.38. The molecule has 0 saturated heterocycles. The molecule has 1 rings (SSSR count). The van der Waals surface area contributed by atoms with E-state index in [1.165, 1.54) is 6.42 Å². The lowest BCUT2D eigenvalue weighted by Gasteiger charge is -2.36. The van der Waals surface area contributed by atoms with Crippen molar-refractivity contribution in [2.45, 2.75) is 58.9 Å². The fraction of sp³-hybridized carbons (Fsp3) is 0.867. The van der Waals surface area contributed by atoms with E-state index < -0.39 is 11.5 Å². The monoisotopic (exact) mass is 283 g/mol. The van der Waals surface area contributed by atoms with Crippen LogP contribution in [0.5, 0.6) is 0 Å². The topological polar surface area (TPSA) is 75.4 Å². The van der Waals surface area contributed by atoms with E-state index in [1.54, 1.807) is 11.8 Å². The molecule has 3 N–H and O–H groups in total. The maximum atomic E-state index is 12.5. The lowest BCUT2D eigenvalue weighted by atomic mass is 9.73. The van der Waals surface area contributed by atoms with Crippen molar-refractivity contribution < 1.29 is 9.59 Å². The first-order valence-electron chi connectivity index (χ1n) is 7.80. The van der Waals surface area contributed by atoms with E-state index in [-0.39, 0.29) is 11.8 Å². The zero-order valence-electron chi connectivity index (χ0n) is 13.1. The summed E-state index contributed by atoms with van der Waals surface area (Å²) in [6, 6.07) is -0.479. The maximum absolute atomic E-state index is 12.5. The van der Waals surface area contributed by atoms with Gasteiger partial charge in [-0.3, -0.25) is 9.59 Å². The SMILES string of the molecule is CCN(CC)C(=O)C(C)NC(=O)C1(CN)CCCCC1. The molecular weight excluding hydrogens is 254 g/mol. The minimum absolute atomic E-state index is 0.0219. The van der Waals surface area contributed by atoms with Crippen LogP contribution < -0.4 is 11.1 Å². The van der Waals surface area contributed by atoms with Crippen LogP contribution in [0.2, 0.25) is 0 Å². The van der Waals surface area contributed by atoms with E-state index in [0.29, 0.717) is 19.6 Å². The molecule has 2 amide bonds. The molecule has 0 aromatic rings. The van der Waals surface area contributed by atoms with Crippen LogP contribution in [-0.4, -0.2) is 42.4 Å². The first kappa shape index (κ1) is 17.0. The lowest BCUT2D eigenvalue weighted by molar-refractivity contribution is -0.139. The van der Waals surface area contributed by atoms with E-state index in [1.807, 2.05) is 13.8 Å². The second-order valence-corrected chi connectivity index (χ2v) is 5.75. The van der Waals surface area contributed by atoms with Gasteiger partial charge in [0.1, 0.15) is 6.04 Å². The molecule has 1 atom stereocenters. The van der Waals surface area contributed by atoms with Gasteiger partial charge in [0.2, 0.25) is 11.8 Å². The molecule has 1 fully saturated rings. The first-order valence-corrected chi connectivity index (χ1v) is 7.80. The molecule has 116 valence electrons. The van der Waals surface area contributed by atoms with Gasteiger partial charge in [0.25, 0.3) is 0 Å². The van der Waals surface area contributed by atoms with Gasteiger partial charge in [0.05, 0.1) is 5.41 Å². The number of hydrogen-bond donors (Lipinski definition) is 2. The summed E-state index contributed by atoms with van der Waals surface area (Å²) < 4.78 is 0. The normalized spacial score (nSPS) is 19.2. The molecule has 1 unspecified atom stereocenters. The fourth-order valence-corrected chi connectivity index (χ4v) is 2.97. The van der Waals surface area contributed by atoms with Crippen LogP contribution in [0.3, 0.4) is 0 Å². The molecule has 0 bridgehead atoms. The van der Waals surface area contributed by atoms with Crippen LogP contribution in [0.1, 0.15) is 52.9 Å². The van der Waals surface area contributed by atoms with Crippen LogP contribution in [0, 0.1) is 5.41 Å². The van der Waals surface area contributed by atoms with E-state index in [4.69, 9.17) is 5.73 Å². The Balaban J connectivity index is 2.66. The molecule has 5 nitrogen and oxygen atoms in total. The standard InChI is InChI=1S/C15H29N3O2/c1-4-18(5-2)13(19)12(3)17-14(20)15(11-16)9-7-6-8-10-15/h12H,4-11,16H2,1-3H3,(H,17,20). The molecule has 0 aromatic carbocycles. The number of nitrogens with two attached hydrogens (primary N) is 1. The summed E-state index contributed by atoms with van der Waals surface area (Å²) in [6.07, 6.45) is 4.93. The summed E-state index contributed by atoms with van der Waals surface area (Å²) >= 11 is 0. The Labute approximate surface area is 122 Å². The highest BCUT2D eigenvalue weighted by atomic mass is 16.2. The minimum atomic E-state index is -0.479. The quantitative estimate of drug-likeness (QED) is 0.771. The fourth-order valence-electron chi connectivity index (χ4n) is 2.97. The van der Waals surface area contributed by atoms with Gasteiger partial charge in [0, 0.05) is 19.6 Å².